The normalized spacial score (nSPS) is 16.9. The standard InChI is InChI=1S/C19H21FN2O2/c20-16-5-4-6-17(13-16)21-19(23)22-11-9-15(14-22)10-12-24-18-7-2-1-3-8-18/h1-8,13,15H,9-12,14H2,(H,21,23). The van der Waals surface area contributed by atoms with Crippen molar-refractivity contribution in [2.24, 2.45) is 5.92 Å². The minimum atomic E-state index is -0.356. The lowest BCUT2D eigenvalue weighted by atomic mass is 10.1. The minimum Gasteiger partial charge on any atom is -0.494 e. The highest BCUT2D eigenvalue weighted by Crippen LogP contribution is 2.21. The van der Waals surface area contributed by atoms with Gasteiger partial charge >= 0.3 is 6.03 Å². The van der Waals surface area contributed by atoms with E-state index in [1.54, 1.807) is 17.0 Å². The van der Waals surface area contributed by atoms with Crippen molar-refractivity contribution in [3.8, 4) is 5.75 Å². The Hall–Kier alpha value is -2.56. The topological polar surface area (TPSA) is 41.6 Å². The van der Waals surface area contributed by atoms with Crippen LogP contribution >= 0.6 is 0 Å². The molecule has 3 rings (SSSR count). The first-order valence-electron chi connectivity index (χ1n) is 8.20. The molecule has 126 valence electrons. The van der Waals surface area contributed by atoms with Crippen molar-refractivity contribution < 1.29 is 13.9 Å². The highest BCUT2D eigenvalue weighted by molar-refractivity contribution is 5.89. The molecule has 24 heavy (non-hydrogen) atoms. The number of halogens is 1. The predicted octanol–water partition coefficient (Wildman–Crippen LogP) is 4.15. The van der Waals surface area contributed by atoms with E-state index in [2.05, 4.69) is 5.32 Å². The lowest BCUT2D eigenvalue weighted by molar-refractivity contribution is 0.218. The fraction of sp³-hybridized carbons (Fsp3) is 0.316. The third-order valence-electron chi connectivity index (χ3n) is 4.19. The summed E-state index contributed by atoms with van der Waals surface area (Å²) in [5.41, 5.74) is 0.482. The number of urea groups is 1. The first-order valence-corrected chi connectivity index (χ1v) is 8.20. The molecule has 1 aliphatic heterocycles. The van der Waals surface area contributed by atoms with E-state index in [1.807, 2.05) is 30.3 Å². The second-order valence-corrected chi connectivity index (χ2v) is 5.99. The zero-order valence-electron chi connectivity index (χ0n) is 13.5. The van der Waals surface area contributed by atoms with Gasteiger partial charge in [0, 0.05) is 18.8 Å². The molecule has 1 saturated heterocycles. The number of carbonyl (C=O) groups is 1. The van der Waals surface area contributed by atoms with Crippen LogP contribution in [0.5, 0.6) is 5.75 Å². The molecule has 0 radical (unpaired) electrons. The number of carbonyl (C=O) groups excluding carboxylic acids is 1. The average Bonchev–Trinajstić information content (AvgIpc) is 3.05. The minimum absolute atomic E-state index is 0.174. The third kappa shape index (κ3) is 4.47. The number of rotatable bonds is 5. The molecule has 1 aliphatic rings. The highest BCUT2D eigenvalue weighted by Gasteiger charge is 2.26. The summed E-state index contributed by atoms with van der Waals surface area (Å²) in [4.78, 5) is 14.0. The summed E-state index contributed by atoms with van der Waals surface area (Å²) in [6.07, 6.45) is 1.88. The molecule has 0 aliphatic carbocycles. The second kappa shape index (κ2) is 7.81. The van der Waals surface area contributed by atoms with Crippen LogP contribution in [-0.2, 0) is 0 Å². The van der Waals surface area contributed by atoms with E-state index in [9.17, 15) is 9.18 Å². The Morgan fingerprint density at radius 2 is 2.04 bits per heavy atom. The number of hydrogen-bond acceptors (Lipinski definition) is 2. The zero-order chi connectivity index (χ0) is 16.8. The van der Waals surface area contributed by atoms with Crippen LogP contribution in [0.4, 0.5) is 14.9 Å². The second-order valence-electron chi connectivity index (χ2n) is 5.99. The molecule has 0 saturated carbocycles. The van der Waals surface area contributed by atoms with Crippen LogP contribution in [0.1, 0.15) is 12.8 Å². The molecule has 0 spiro atoms. The number of para-hydroxylation sites is 1. The Balaban J connectivity index is 1.42. The van der Waals surface area contributed by atoms with Gasteiger partial charge < -0.3 is 15.0 Å². The summed E-state index contributed by atoms with van der Waals surface area (Å²) in [5, 5.41) is 2.74. The summed E-state index contributed by atoms with van der Waals surface area (Å²) >= 11 is 0. The molecule has 2 aromatic rings. The fourth-order valence-electron chi connectivity index (χ4n) is 2.88. The molecule has 1 N–H and O–H groups in total. The van der Waals surface area contributed by atoms with Crippen LogP contribution in [0.2, 0.25) is 0 Å². The van der Waals surface area contributed by atoms with Crippen molar-refractivity contribution in [3.63, 3.8) is 0 Å². The van der Waals surface area contributed by atoms with Gasteiger partial charge in [-0.05, 0) is 49.1 Å². The maximum atomic E-state index is 13.2. The fourth-order valence-corrected chi connectivity index (χ4v) is 2.88. The number of benzene rings is 2. The van der Waals surface area contributed by atoms with E-state index in [0.717, 1.165) is 25.1 Å². The van der Waals surface area contributed by atoms with Crippen LogP contribution in [0.25, 0.3) is 0 Å². The summed E-state index contributed by atoms with van der Waals surface area (Å²) < 4.78 is 18.9. The quantitative estimate of drug-likeness (QED) is 0.896. The number of ether oxygens (including phenoxy) is 1. The molecular weight excluding hydrogens is 307 g/mol. The molecule has 2 amide bonds. The Kier molecular flexibility index (Phi) is 5.31. The van der Waals surface area contributed by atoms with Gasteiger partial charge in [0.2, 0.25) is 0 Å². The smallest absolute Gasteiger partial charge is 0.321 e. The SMILES string of the molecule is O=C(Nc1cccc(F)c1)N1CCC(CCOc2ccccc2)C1. The Morgan fingerprint density at radius 3 is 2.83 bits per heavy atom. The van der Waals surface area contributed by atoms with Gasteiger partial charge in [-0.25, -0.2) is 9.18 Å². The first-order chi connectivity index (χ1) is 11.7. The zero-order valence-corrected chi connectivity index (χ0v) is 13.5. The maximum Gasteiger partial charge on any atom is 0.321 e. The lowest BCUT2D eigenvalue weighted by Crippen LogP contribution is -2.33. The maximum absolute atomic E-state index is 13.2. The molecule has 4 nitrogen and oxygen atoms in total. The number of nitrogens with one attached hydrogen (secondary N) is 1. The van der Waals surface area contributed by atoms with Gasteiger partial charge in [-0.1, -0.05) is 24.3 Å². The van der Waals surface area contributed by atoms with Gasteiger partial charge in [-0.15, -0.1) is 0 Å². The van der Waals surface area contributed by atoms with E-state index in [4.69, 9.17) is 4.74 Å². The summed E-state index contributed by atoms with van der Waals surface area (Å²) in [6, 6.07) is 15.5. The largest absolute Gasteiger partial charge is 0.494 e. The monoisotopic (exact) mass is 328 g/mol. The number of likely N-dealkylation sites (tertiary alicyclic amines) is 1. The molecule has 2 aromatic carbocycles. The van der Waals surface area contributed by atoms with Gasteiger partial charge in [0.05, 0.1) is 6.61 Å². The lowest BCUT2D eigenvalue weighted by Gasteiger charge is -2.17. The van der Waals surface area contributed by atoms with Gasteiger partial charge in [0.15, 0.2) is 0 Å². The Bertz CT molecular complexity index is 678. The van der Waals surface area contributed by atoms with E-state index in [1.165, 1.54) is 12.1 Å². The van der Waals surface area contributed by atoms with Crippen LogP contribution in [-0.4, -0.2) is 30.6 Å². The molecular formula is C19H21FN2O2. The van der Waals surface area contributed by atoms with Crippen LogP contribution < -0.4 is 10.1 Å². The van der Waals surface area contributed by atoms with Gasteiger partial charge in [0.1, 0.15) is 11.6 Å². The van der Waals surface area contributed by atoms with E-state index >= 15 is 0 Å². The average molecular weight is 328 g/mol. The Morgan fingerprint density at radius 1 is 1.21 bits per heavy atom. The highest BCUT2D eigenvalue weighted by atomic mass is 19.1. The molecule has 1 atom stereocenters. The third-order valence-corrected chi connectivity index (χ3v) is 4.19. The molecule has 1 heterocycles. The molecule has 5 heteroatoms. The van der Waals surface area contributed by atoms with Gasteiger partial charge in [-0.3, -0.25) is 0 Å². The molecule has 1 fully saturated rings. The number of amides is 2. The van der Waals surface area contributed by atoms with Gasteiger partial charge in [-0.2, -0.15) is 0 Å². The summed E-state index contributed by atoms with van der Waals surface area (Å²) in [7, 11) is 0. The van der Waals surface area contributed by atoms with Crippen molar-refractivity contribution in [1.82, 2.24) is 4.90 Å². The summed E-state index contributed by atoms with van der Waals surface area (Å²) in [5.74, 6) is 0.952. The van der Waals surface area contributed by atoms with E-state index < -0.39 is 0 Å². The van der Waals surface area contributed by atoms with Crippen LogP contribution in [0.3, 0.4) is 0 Å². The van der Waals surface area contributed by atoms with Crippen LogP contribution in [0, 0.1) is 11.7 Å². The van der Waals surface area contributed by atoms with Crippen molar-refractivity contribution in [2.45, 2.75) is 12.8 Å². The molecule has 0 bridgehead atoms. The number of anilines is 1. The van der Waals surface area contributed by atoms with Crippen molar-refractivity contribution >= 4 is 11.7 Å². The Labute approximate surface area is 141 Å². The first kappa shape index (κ1) is 16.3. The number of hydrogen-bond donors (Lipinski definition) is 1. The molecule has 0 aromatic heterocycles. The van der Waals surface area contributed by atoms with Crippen molar-refractivity contribution in [2.75, 3.05) is 25.0 Å². The van der Waals surface area contributed by atoms with Crippen LogP contribution in [0.15, 0.2) is 54.6 Å². The predicted molar refractivity (Wildman–Crippen MR) is 91.7 cm³/mol. The van der Waals surface area contributed by atoms with Crippen molar-refractivity contribution in [1.29, 1.82) is 0 Å². The van der Waals surface area contributed by atoms with Crippen molar-refractivity contribution in [3.05, 3.63) is 60.4 Å². The van der Waals surface area contributed by atoms with E-state index in [0.29, 0.717) is 24.8 Å². The summed E-state index contributed by atoms with van der Waals surface area (Å²) in [6.45, 7) is 2.07. The number of nitrogens with zero attached hydrogens (tertiary/aromatic N) is 1. The van der Waals surface area contributed by atoms with E-state index in [-0.39, 0.29) is 11.8 Å². The molecule has 1 unspecified atom stereocenters. The van der Waals surface area contributed by atoms with Gasteiger partial charge in [0.25, 0.3) is 0 Å².